The van der Waals surface area contributed by atoms with Crippen LogP contribution in [0.3, 0.4) is 0 Å². The van der Waals surface area contributed by atoms with E-state index in [1.165, 1.54) is 0 Å². The van der Waals surface area contributed by atoms with Crippen LogP contribution in [0.15, 0.2) is 30.3 Å². The van der Waals surface area contributed by atoms with Crippen LogP contribution >= 0.6 is 11.6 Å². The van der Waals surface area contributed by atoms with Crippen LogP contribution in [0.5, 0.6) is 0 Å². The number of fused-ring (bicyclic) bond motifs is 1. The number of aromatic nitrogens is 1. The summed E-state index contributed by atoms with van der Waals surface area (Å²) in [5, 5.41) is 2.71. The van der Waals surface area contributed by atoms with E-state index < -0.39 is 0 Å². The Labute approximate surface area is 124 Å². The van der Waals surface area contributed by atoms with Crippen molar-refractivity contribution in [1.29, 1.82) is 0 Å². The summed E-state index contributed by atoms with van der Waals surface area (Å²) in [6, 6.07) is 10.2. The van der Waals surface area contributed by atoms with Gasteiger partial charge in [-0.3, -0.25) is 0 Å². The van der Waals surface area contributed by atoms with E-state index in [1.54, 1.807) is 0 Å². The number of hydrogen-bond acceptors (Lipinski definition) is 3. The maximum atomic E-state index is 6.31. The minimum atomic E-state index is 0.321. The standard InChI is InChI=1S/C16H19ClN2O/c1-2-19(11-13-7-5-9-20-13)15-10-12-6-3-4-8-14(12)16(17)18-15/h3-4,6,8,10,13H,2,5,7,9,11H2,1H3. The van der Waals surface area contributed by atoms with Gasteiger partial charge in [0, 0.05) is 25.1 Å². The van der Waals surface area contributed by atoms with Crippen LogP contribution in [-0.4, -0.2) is 30.8 Å². The lowest BCUT2D eigenvalue weighted by Crippen LogP contribution is -2.32. The summed E-state index contributed by atoms with van der Waals surface area (Å²) in [4.78, 5) is 6.79. The van der Waals surface area contributed by atoms with E-state index >= 15 is 0 Å². The van der Waals surface area contributed by atoms with Crippen molar-refractivity contribution >= 4 is 28.2 Å². The Morgan fingerprint density at radius 3 is 3.00 bits per heavy atom. The second-order valence-electron chi connectivity index (χ2n) is 5.17. The minimum Gasteiger partial charge on any atom is -0.376 e. The number of halogens is 1. The highest BCUT2D eigenvalue weighted by atomic mass is 35.5. The number of ether oxygens (including phenoxy) is 1. The lowest BCUT2D eigenvalue weighted by molar-refractivity contribution is 0.115. The van der Waals surface area contributed by atoms with Crippen LogP contribution in [-0.2, 0) is 4.74 Å². The molecule has 0 bridgehead atoms. The smallest absolute Gasteiger partial charge is 0.139 e. The Morgan fingerprint density at radius 2 is 2.25 bits per heavy atom. The van der Waals surface area contributed by atoms with Gasteiger partial charge in [-0.1, -0.05) is 35.9 Å². The molecule has 0 N–H and O–H groups in total. The first-order valence-corrected chi connectivity index (χ1v) is 7.57. The second-order valence-corrected chi connectivity index (χ2v) is 5.52. The van der Waals surface area contributed by atoms with Crippen molar-refractivity contribution in [1.82, 2.24) is 4.98 Å². The molecule has 3 nitrogen and oxygen atoms in total. The molecule has 0 spiro atoms. The van der Waals surface area contributed by atoms with Crippen LogP contribution in [0, 0.1) is 0 Å². The molecule has 4 heteroatoms. The third-order valence-corrected chi connectivity index (χ3v) is 4.12. The molecule has 2 aromatic rings. The fourth-order valence-corrected chi connectivity index (χ4v) is 2.98. The first-order chi connectivity index (χ1) is 9.78. The highest BCUT2D eigenvalue weighted by molar-refractivity contribution is 6.34. The van der Waals surface area contributed by atoms with Crippen molar-refractivity contribution < 1.29 is 4.74 Å². The molecule has 1 atom stereocenters. The Bertz CT molecular complexity index is 596. The van der Waals surface area contributed by atoms with E-state index in [-0.39, 0.29) is 0 Å². The first kappa shape index (κ1) is 13.7. The van der Waals surface area contributed by atoms with Gasteiger partial charge in [0.2, 0.25) is 0 Å². The lowest BCUT2D eigenvalue weighted by Gasteiger charge is -2.25. The van der Waals surface area contributed by atoms with Crippen molar-refractivity contribution in [2.24, 2.45) is 0 Å². The van der Waals surface area contributed by atoms with E-state index in [1.807, 2.05) is 18.2 Å². The fraction of sp³-hybridized carbons (Fsp3) is 0.438. The molecule has 0 aliphatic carbocycles. The summed E-state index contributed by atoms with van der Waals surface area (Å²) in [5.74, 6) is 0.937. The molecule has 1 fully saturated rings. The normalized spacial score (nSPS) is 18.6. The van der Waals surface area contributed by atoms with Gasteiger partial charge >= 0.3 is 0 Å². The Morgan fingerprint density at radius 1 is 1.40 bits per heavy atom. The van der Waals surface area contributed by atoms with Gasteiger partial charge < -0.3 is 9.64 Å². The van der Waals surface area contributed by atoms with Gasteiger partial charge in [-0.25, -0.2) is 4.98 Å². The summed E-state index contributed by atoms with van der Waals surface area (Å²) in [6.07, 6.45) is 2.62. The largest absolute Gasteiger partial charge is 0.376 e. The predicted octanol–water partition coefficient (Wildman–Crippen LogP) is 3.89. The van der Waals surface area contributed by atoms with Crippen LogP contribution in [0.4, 0.5) is 5.82 Å². The van der Waals surface area contributed by atoms with Crippen LogP contribution in [0.2, 0.25) is 5.15 Å². The molecule has 1 aromatic heterocycles. The number of anilines is 1. The highest BCUT2D eigenvalue weighted by Gasteiger charge is 2.20. The maximum Gasteiger partial charge on any atom is 0.139 e. The van der Waals surface area contributed by atoms with E-state index in [2.05, 4.69) is 28.9 Å². The van der Waals surface area contributed by atoms with E-state index in [0.717, 1.165) is 49.1 Å². The summed E-state index contributed by atoms with van der Waals surface area (Å²) < 4.78 is 5.72. The number of benzene rings is 1. The average molecular weight is 291 g/mol. The lowest BCUT2D eigenvalue weighted by atomic mass is 10.1. The van der Waals surface area contributed by atoms with Gasteiger partial charge in [-0.2, -0.15) is 0 Å². The average Bonchev–Trinajstić information content (AvgIpc) is 2.97. The maximum absolute atomic E-state index is 6.31. The van der Waals surface area contributed by atoms with Gasteiger partial charge in [-0.15, -0.1) is 0 Å². The van der Waals surface area contributed by atoms with Gasteiger partial charge in [0.05, 0.1) is 6.10 Å². The summed E-state index contributed by atoms with van der Waals surface area (Å²) in [5.41, 5.74) is 0. The highest BCUT2D eigenvalue weighted by Crippen LogP contribution is 2.27. The van der Waals surface area contributed by atoms with Crippen molar-refractivity contribution in [2.75, 3.05) is 24.6 Å². The molecule has 0 saturated carbocycles. The van der Waals surface area contributed by atoms with Crippen LogP contribution in [0.1, 0.15) is 19.8 Å². The van der Waals surface area contributed by atoms with E-state index in [9.17, 15) is 0 Å². The molecule has 0 radical (unpaired) electrons. The molecule has 1 aromatic carbocycles. The number of rotatable bonds is 4. The SMILES string of the molecule is CCN(CC1CCCO1)c1cc2ccccc2c(Cl)n1. The fourth-order valence-electron chi connectivity index (χ4n) is 2.72. The summed E-state index contributed by atoms with van der Waals surface area (Å²) in [6.45, 7) is 4.81. The number of likely N-dealkylation sites (N-methyl/N-ethyl adjacent to an activating group) is 1. The monoisotopic (exact) mass is 290 g/mol. The van der Waals surface area contributed by atoms with Gasteiger partial charge in [0.25, 0.3) is 0 Å². The Hall–Kier alpha value is -1.32. The van der Waals surface area contributed by atoms with Gasteiger partial charge in [0.1, 0.15) is 11.0 Å². The number of nitrogens with zero attached hydrogens (tertiary/aromatic N) is 2. The van der Waals surface area contributed by atoms with Crippen molar-refractivity contribution in [2.45, 2.75) is 25.9 Å². The van der Waals surface area contributed by atoms with E-state index in [4.69, 9.17) is 16.3 Å². The zero-order chi connectivity index (χ0) is 13.9. The van der Waals surface area contributed by atoms with Gasteiger partial charge in [0.15, 0.2) is 0 Å². The first-order valence-electron chi connectivity index (χ1n) is 7.19. The Balaban J connectivity index is 1.90. The van der Waals surface area contributed by atoms with Crippen LogP contribution in [0.25, 0.3) is 10.8 Å². The molecule has 2 heterocycles. The van der Waals surface area contributed by atoms with E-state index in [0.29, 0.717) is 11.3 Å². The molecule has 106 valence electrons. The minimum absolute atomic E-state index is 0.321. The molecule has 0 amide bonds. The number of pyridine rings is 1. The van der Waals surface area contributed by atoms with Crippen molar-refractivity contribution in [3.63, 3.8) is 0 Å². The molecule has 1 aliphatic rings. The zero-order valence-electron chi connectivity index (χ0n) is 11.7. The molecule has 1 aliphatic heterocycles. The summed E-state index contributed by atoms with van der Waals surface area (Å²) >= 11 is 6.31. The van der Waals surface area contributed by atoms with Gasteiger partial charge in [-0.05, 0) is 31.2 Å². The molecule has 20 heavy (non-hydrogen) atoms. The quantitative estimate of drug-likeness (QED) is 0.799. The Kier molecular flexibility index (Phi) is 4.08. The summed E-state index contributed by atoms with van der Waals surface area (Å²) in [7, 11) is 0. The topological polar surface area (TPSA) is 25.4 Å². The second kappa shape index (κ2) is 5.98. The molecule has 1 saturated heterocycles. The third kappa shape index (κ3) is 2.74. The molecule has 1 unspecified atom stereocenters. The molecular formula is C16H19ClN2O. The molecule has 3 rings (SSSR count). The van der Waals surface area contributed by atoms with Crippen LogP contribution < -0.4 is 4.90 Å². The van der Waals surface area contributed by atoms with Crippen molar-refractivity contribution in [3.8, 4) is 0 Å². The third-order valence-electron chi connectivity index (χ3n) is 3.83. The van der Waals surface area contributed by atoms with Crippen molar-refractivity contribution in [3.05, 3.63) is 35.5 Å². The predicted molar refractivity (Wildman–Crippen MR) is 83.6 cm³/mol. The number of hydrogen-bond donors (Lipinski definition) is 0. The zero-order valence-corrected chi connectivity index (χ0v) is 12.4. The molecular weight excluding hydrogens is 272 g/mol.